The second kappa shape index (κ2) is 6.70. The minimum Gasteiger partial charge on any atom is -0.352 e. The largest absolute Gasteiger partial charge is 0.352 e. The lowest BCUT2D eigenvalue weighted by Crippen LogP contribution is -2.34. The second-order valence-corrected chi connectivity index (χ2v) is 5.92. The Morgan fingerprint density at radius 3 is 2.60 bits per heavy atom. The minimum atomic E-state index is -0.458. The molecule has 0 aliphatic carbocycles. The first-order valence-corrected chi connectivity index (χ1v) is 6.89. The average molecular weight is 299 g/mol. The van der Waals surface area contributed by atoms with E-state index in [4.69, 9.17) is 11.6 Å². The third kappa shape index (κ3) is 4.49. The standard InChI is InChI=1S/C14H19ClN2O3/c1-10-8-11(4-5-12(10)17(19)20)13(18)16-9-14(2,3)6-7-15/h4-5,8H,6-7,9H2,1-3H3,(H,16,18). The number of nitrogens with zero attached hydrogens (tertiary/aromatic N) is 1. The van der Waals surface area contributed by atoms with Crippen molar-refractivity contribution in [1.82, 2.24) is 5.32 Å². The van der Waals surface area contributed by atoms with Gasteiger partial charge in [0, 0.05) is 29.6 Å². The van der Waals surface area contributed by atoms with Crippen molar-refractivity contribution in [2.24, 2.45) is 5.41 Å². The number of carbonyl (C=O) groups excluding carboxylic acids is 1. The van der Waals surface area contributed by atoms with E-state index in [0.717, 1.165) is 6.42 Å². The number of alkyl halides is 1. The van der Waals surface area contributed by atoms with E-state index in [1.165, 1.54) is 18.2 Å². The number of carbonyl (C=O) groups is 1. The van der Waals surface area contributed by atoms with Crippen molar-refractivity contribution in [1.29, 1.82) is 0 Å². The van der Waals surface area contributed by atoms with Gasteiger partial charge in [-0.05, 0) is 30.9 Å². The van der Waals surface area contributed by atoms with E-state index in [1.807, 2.05) is 13.8 Å². The van der Waals surface area contributed by atoms with Crippen LogP contribution in [-0.2, 0) is 0 Å². The molecule has 0 spiro atoms. The lowest BCUT2D eigenvalue weighted by Gasteiger charge is -2.23. The summed E-state index contributed by atoms with van der Waals surface area (Å²) >= 11 is 5.71. The summed E-state index contributed by atoms with van der Waals surface area (Å²) in [6.45, 7) is 6.18. The molecule has 0 fully saturated rings. The molecule has 1 aromatic carbocycles. The molecule has 1 N–H and O–H groups in total. The molecule has 110 valence electrons. The van der Waals surface area contributed by atoms with Gasteiger partial charge >= 0.3 is 0 Å². The predicted octanol–water partition coefficient (Wildman–Crippen LogP) is 3.29. The molecule has 0 heterocycles. The third-order valence-electron chi connectivity index (χ3n) is 3.15. The summed E-state index contributed by atoms with van der Waals surface area (Å²) in [5, 5.41) is 13.6. The van der Waals surface area contributed by atoms with Crippen LogP contribution in [-0.4, -0.2) is 23.3 Å². The van der Waals surface area contributed by atoms with Gasteiger partial charge in [-0.2, -0.15) is 0 Å². The fraction of sp³-hybridized carbons (Fsp3) is 0.500. The molecule has 0 bridgehead atoms. The molecule has 0 unspecified atom stereocenters. The Kier molecular flexibility index (Phi) is 5.51. The summed E-state index contributed by atoms with van der Waals surface area (Å²) in [5.74, 6) is 0.310. The van der Waals surface area contributed by atoms with Gasteiger partial charge in [-0.3, -0.25) is 14.9 Å². The van der Waals surface area contributed by atoms with Crippen molar-refractivity contribution < 1.29 is 9.72 Å². The van der Waals surface area contributed by atoms with Gasteiger partial charge in [0.25, 0.3) is 11.6 Å². The van der Waals surface area contributed by atoms with E-state index >= 15 is 0 Å². The molecule has 0 atom stereocenters. The fourth-order valence-electron chi connectivity index (χ4n) is 1.77. The molecule has 0 aliphatic rings. The average Bonchev–Trinajstić information content (AvgIpc) is 2.35. The number of benzene rings is 1. The number of nitrogens with one attached hydrogen (secondary N) is 1. The summed E-state index contributed by atoms with van der Waals surface area (Å²) in [5.41, 5.74) is 0.842. The van der Waals surface area contributed by atoms with Gasteiger partial charge in [0.05, 0.1) is 4.92 Å². The normalized spacial score (nSPS) is 11.2. The van der Waals surface area contributed by atoms with E-state index in [-0.39, 0.29) is 17.0 Å². The number of aryl methyl sites for hydroxylation is 1. The molecule has 1 amide bonds. The summed E-state index contributed by atoms with van der Waals surface area (Å²) < 4.78 is 0. The van der Waals surface area contributed by atoms with Crippen LogP contribution >= 0.6 is 11.6 Å². The van der Waals surface area contributed by atoms with Crippen LogP contribution in [0.25, 0.3) is 0 Å². The van der Waals surface area contributed by atoms with Crippen LogP contribution in [0.2, 0.25) is 0 Å². The lowest BCUT2D eigenvalue weighted by molar-refractivity contribution is -0.385. The van der Waals surface area contributed by atoms with Crippen LogP contribution in [0, 0.1) is 22.5 Å². The molecule has 0 aromatic heterocycles. The van der Waals surface area contributed by atoms with Crippen LogP contribution in [0.3, 0.4) is 0 Å². The number of nitro benzene ring substituents is 1. The molecule has 0 aliphatic heterocycles. The highest BCUT2D eigenvalue weighted by Crippen LogP contribution is 2.21. The Morgan fingerprint density at radius 1 is 1.45 bits per heavy atom. The number of hydrogen-bond acceptors (Lipinski definition) is 3. The molecule has 1 rings (SSSR count). The maximum atomic E-state index is 12.0. The Morgan fingerprint density at radius 2 is 2.10 bits per heavy atom. The predicted molar refractivity (Wildman–Crippen MR) is 79.3 cm³/mol. The third-order valence-corrected chi connectivity index (χ3v) is 3.34. The summed E-state index contributed by atoms with van der Waals surface area (Å²) in [6.07, 6.45) is 0.800. The molecular formula is C14H19ClN2O3. The highest BCUT2D eigenvalue weighted by molar-refractivity contribution is 6.17. The topological polar surface area (TPSA) is 72.2 Å². The first-order valence-electron chi connectivity index (χ1n) is 6.36. The van der Waals surface area contributed by atoms with Gasteiger partial charge < -0.3 is 5.32 Å². The molecule has 20 heavy (non-hydrogen) atoms. The smallest absolute Gasteiger partial charge is 0.272 e. The highest BCUT2D eigenvalue weighted by Gasteiger charge is 2.19. The van der Waals surface area contributed by atoms with Gasteiger partial charge in [0.2, 0.25) is 0 Å². The van der Waals surface area contributed by atoms with Crippen LogP contribution in [0.5, 0.6) is 0 Å². The van der Waals surface area contributed by atoms with Crippen molar-refractivity contribution in [2.45, 2.75) is 27.2 Å². The van der Waals surface area contributed by atoms with E-state index in [2.05, 4.69) is 5.32 Å². The Hall–Kier alpha value is -1.62. The van der Waals surface area contributed by atoms with Gasteiger partial charge in [0.1, 0.15) is 0 Å². The number of nitro groups is 1. The monoisotopic (exact) mass is 298 g/mol. The summed E-state index contributed by atoms with van der Waals surface area (Å²) in [6, 6.07) is 4.35. The number of rotatable bonds is 6. The summed E-state index contributed by atoms with van der Waals surface area (Å²) in [7, 11) is 0. The highest BCUT2D eigenvalue weighted by atomic mass is 35.5. The number of hydrogen-bond donors (Lipinski definition) is 1. The molecular weight excluding hydrogens is 280 g/mol. The number of amides is 1. The van der Waals surface area contributed by atoms with Crippen LogP contribution < -0.4 is 5.32 Å². The van der Waals surface area contributed by atoms with Crippen molar-refractivity contribution >= 4 is 23.2 Å². The Labute approximate surface area is 123 Å². The lowest BCUT2D eigenvalue weighted by atomic mass is 9.90. The zero-order chi connectivity index (χ0) is 15.3. The molecule has 6 heteroatoms. The molecule has 1 aromatic rings. The fourth-order valence-corrected chi connectivity index (χ4v) is 2.28. The molecule has 0 saturated heterocycles. The Bertz CT molecular complexity index is 515. The zero-order valence-corrected chi connectivity index (χ0v) is 12.7. The SMILES string of the molecule is Cc1cc(C(=O)NCC(C)(C)CCCl)ccc1[N+](=O)[O-]. The molecule has 0 radical (unpaired) electrons. The van der Waals surface area contributed by atoms with E-state index in [0.29, 0.717) is 23.6 Å². The van der Waals surface area contributed by atoms with Crippen molar-refractivity contribution in [3.63, 3.8) is 0 Å². The van der Waals surface area contributed by atoms with Gasteiger partial charge in [-0.15, -0.1) is 11.6 Å². The van der Waals surface area contributed by atoms with Gasteiger partial charge in [-0.1, -0.05) is 13.8 Å². The maximum absolute atomic E-state index is 12.0. The maximum Gasteiger partial charge on any atom is 0.272 e. The number of halogens is 1. The van der Waals surface area contributed by atoms with Crippen LogP contribution in [0.4, 0.5) is 5.69 Å². The van der Waals surface area contributed by atoms with Crippen LogP contribution in [0.15, 0.2) is 18.2 Å². The van der Waals surface area contributed by atoms with Gasteiger partial charge in [0.15, 0.2) is 0 Å². The first-order chi connectivity index (χ1) is 9.26. The van der Waals surface area contributed by atoms with E-state index in [1.54, 1.807) is 6.92 Å². The zero-order valence-electron chi connectivity index (χ0n) is 11.9. The minimum absolute atomic E-state index is 0.0176. The van der Waals surface area contributed by atoms with Gasteiger partial charge in [-0.25, -0.2) is 0 Å². The molecule has 0 saturated carbocycles. The van der Waals surface area contributed by atoms with E-state index < -0.39 is 4.92 Å². The van der Waals surface area contributed by atoms with Crippen molar-refractivity contribution in [3.8, 4) is 0 Å². The molecule has 5 nitrogen and oxygen atoms in total. The summed E-state index contributed by atoms with van der Waals surface area (Å²) in [4.78, 5) is 22.3. The quantitative estimate of drug-likeness (QED) is 0.497. The van der Waals surface area contributed by atoms with Crippen LogP contribution in [0.1, 0.15) is 36.2 Å². The second-order valence-electron chi connectivity index (χ2n) is 5.54. The van der Waals surface area contributed by atoms with E-state index in [9.17, 15) is 14.9 Å². The first kappa shape index (κ1) is 16.4. The van der Waals surface area contributed by atoms with Crippen molar-refractivity contribution in [2.75, 3.05) is 12.4 Å². The Balaban J connectivity index is 2.74. The van der Waals surface area contributed by atoms with Crippen molar-refractivity contribution in [3.05, 3.63) is 39.4 Å².